The van der Waals surface area contributed by atoms with Gasteiger partial charge in [-0.1, -0.05) is 6.07 Å². The van der Waals surface area contributed by atoms with Crippen molar-refractivity contribution in [2.45, 2.75) is 6.54 Å². The van der Waals surface area contributed by atoms with Gasteiger partial charge < -0.3 is 11.1 Å². The maximum absolute atomic E-state index is 6.00. The first kappa shape index (κ1) is 12.9. The quantitative estimate of drug-likeness (QED) is 0.721. The Bertz CT molecular complexity index is 743. The number of aromatic nitrogens is 2. The number of halogens is 1. The first-order chi connectivity index (χ1) is 9.74. The number of benzene rings is 1. The molecule has 0 fully saturated rings. The van der Waals surface area contributed by atoms with Gasteiger partial charge in [-0.3, -0.25) is 9.97 Å². The van der Waals surface area contributed by atoms with E-state index in [1.165, 1.54) is 0 Å². The topological polar surface area (TPSA) is 63.8 Å². The minimum Gasteiger partial charge on any atom is -0.398 e. The molecule has 0 radical (unpaired) electrons. The molecule has 3 rings (SSSR count). The molecule has 3 N–H and O–H groups in total. The van der Waals surface area contributed by atoms with Gasteiger partial charge in [-0.15, -0.1) is 0 Å². The Morgan fingerprint density at radius 2 is 2.05 bits per heavy atom. The number of fused-ring (bicyclic) bond motifs is 1. The van der Waals surface area contributed by atoms with E-state index in [1.807, 2.05) is 36.4 Å². The predicted octanol–water partition coefficient (Wildman–Crippen LogP) is 3.59. The van der Waals surface area contributed by atoms with Crippen LogP contribution in [0.15, 0.2) is 53.3 Å². The minimum absolute atomic E-state index is 0.650. The summed E-state index contributed by atoms with van der Waals surface area (Å²) in [5.74, 6) is 0. The van der Waals surface area contributed by atoms with Gasteiger partial charge in [0, 0.05) is 27.9 Å². The van der Waals surface area contributed by atoms with E-state index >= 15 is 0 Å². The van der Waals surface area contributed by atoms with Crippen molar-refractivity contribution in [1.29, 1.82) is 0 Å². The molecule has 0 saturated heterocycles. The summed E-state index contributed by atoms with van der Waals surface area (Å²) in [6, 6.07) is 11.7. The summed E-state index contributed by atoms with van der Waals surface area (Å²) in [6.07, 6.45) is 3.56. The van der Waals surface area contributed by atoms with Crippen molar-refractivity contribution in [2.75, 3.05) is 11.1 Å². The third kappa shape index (κ3) is 2.58. The fourth-order valence-corrected chi connectivity index (χ4v) is 2.38. The molecule has 0 saturated carbocycles. The summed E-state index contributed by atoms with van der Waals surface area (Å²) in [5, 5.41) is 4.29. The highest BCUT2D eigenvalue weighted by Crippen LogP contribution is 2.28. The van der Waals surface area contributed by atoms with Crippen molar-refractivity contribution < 1.29 is 0 Å². The largest absolute Gasteiger partial charge is 0.398 e. The summed E-state index contributed by atoms with van der Waals surface area (Å²) < 4.78 is 0.915. The highest BCUT2D eigenvalue weighted by atomic mass is 79.9. The monoisotopic (exact) mass is 328 g/mol. The summed E-state index contributed by atoms with van der Waals surface area (Å²) in [5.41, 5.74) is 9.52. The van der Waals surface area contributed by atoms with E-state index in [4.69, 9.17) is 5.73 Å². The molecule has 0 aliphatic rings. The molecule has 2 heterocycles. The zero-order chi connectivity index (χ0) is 13.9. The van der Waals surface area contributed by atoms with Crippen molar-refractivity contribution in [3.63, 3.8) is 0 Å². The number of nitrogens with two attached hydrogens (primary N) is 1. The van der Waals surface area contributed by atoms with Gasteiger partial charge in [0.05, 0.1) is 23.4 Å². The van der Waals surface area contributed by atoms with Crippen molar-refractivity contribution in [3.05, 3.63) is 59.0 Å². The van der Waals surface area contributed by atoms with Crippen LogP contribution < -0.4 is 11.1 Å². The molecule has 100 valence electrons. The molecule has 3 aromatic rings. The van der Waals surface area contributed by atoms with Gasteiger partial charge in [0.2, 0.25) is 0 Å². The standard InChI is InChI=1S/C15H13BrN4/c16-10-7-12-13(17)4-5-14(15(12)20-8-10)19-9-11-3-1-2-6-18-11/h1-8,19H,9,17H2. The van der Waals surface area contributed by atoms with Gasteiger partial charge in [-0.25, -0.2) is 0 Å². The molecular formula is C15H13BrN4. The summed E-state index contributed by atoms with van der Waals surface area (Å²) >= 11 is 3.42. The van der Waals surface area contributed by atoms with Gasteiger partial charge in [0.1, 0.15) is 0 Å². The first-order valence-corrected chi connectivity index (χ1v) is 7.01. The Kier molecular flexibility index (Phi) is 3.52. The molecule has 0 atom stereocenters. The maximum atomic E-state index is 6.00. The molecule has 4 nitrogen and oxygen atoms in total. The second-order valence-corrected chi connectivity index (χ2v) is 5.34. The third-order valence-electron chi connectivity index (χ3n) is 3.04. The van der Waals surface area contributed by atoms with Gasteiger partial charge in [-0.2, -0.15) is 0 Å². The Balaban J connectivity index is 1.94. The van der Waals surface area contributed by atoms with Crippen molar-refractivity contribution in [1.82, 2.24) is 9.97 Å². The molecule has 2 aromatic heterocycles. The van der Waals surface area contributed by atoms with Crippen LogP contribution in [0, 0.1) is 0 Å². The van der Waals surface area contributed by atoms with Gasteiger partial charge in [-0.05, 0) is 46.3 Å². The van der Waals surface area contributed by atoms with Gasteiger partial charge in [0.25, 0.3) is 0 Å². The Hall–Kier alpha value is -2.14. The lowest BCUT2D eigenvalue weighted by Gasteiger charge is -2.10. The van der Waals surface area contributed by atoms with Crippen LogP contribution in [0.4, 0.5) is 11.4 Å². The Labute approximate surface area is 125 Å². The predicted molar refractivity (Wildman–Crippen MR) is 85.4 cm³/mol. The molecule has 0 aliphatic carbocycles. The number of hydrogen-bond acceptors (Lipinski definition) is 4. The van der Waals surface area contributed by atoms with Crippen LogP contribution in [0.5, 0.6) is 0 Å². The molecular weight excluding hydrogens is 316 g/mol. The zero-order valence-corrected chi connectivity index (χ0v) is 12.3. The lowest BCUT2D eigenvalue weighted by molar-refractivity contribution is 1.05. The smallest absolute Gasteiger partial charge is 0.0954 e. The van der Waals surface area contributed by atoms with E-state index in [2.05, 4.69) is 31.2 Å². The van der Waals surface area contributed by atoms with Crippen molar-refractivity contribution in [3.8, 4) is 0 Å². The fraction of sp³-hybridized carbons (Fsp3) is 0.0667. The normalized spacial score (nSPS) is 10.7. The molecule has 0 bridgehead atoms. The number of nitrogens with zero attached hydrogens (tertiary/aromatic N) is 2. The first-order valence-electron chi connectivity index (χ1n) is 6.21. The number of rotatable bonds is 3. The fourth-order valence-electron chi connectivity index (χ4n) is 2.05. The van der Waals surface area contributed by atoms with Gasteiger partial charge >= 0.3 is 0 Å². The molecule has 0 amide bonds. The molecule has 5 heteroatoms. The van der Waals surface area contributed by atoms with E-state index < -0.39 is 0 Å². The van der Waals surface area contributed by atoms with E-state index in [1.54, 1.807) is 12.4 Å². The van der Waals surface area contributed by atoms with Crippen LogP contribution in [-0.4, -0.2) is 9.97 Å². The van der Waals surface area contributed by atoms with E-state index in [0.717, 1.165) is 32.4 Å². The Morgan fingerprint density at radius 3 is 2.85 bits per heavy atom. The Morgan fingerprint density at radius 1 is 1.15 bits per heavy atom. The van der Waals surface area contributed by atoms with Crippen molar-refractivity contribution in [2.24, 2.45) is 0 Å². The van der Waals surface area contributed by atoms with Crippen LogP contribution in [0.1, 0.15) is 5.69 Å². The van der Waals surface area contributed by atoms with Crippen LogP contribution in [0.3, 0.4) is 0 Å². The second-order valence-electron chi connectivity index (χ2n) is 4.43. The zero-order valence-electron chi connectivity index (χ0n) is 10.7. The highest BCUT2D eigenvalue weighted by Gasteiger charge is 2.06. The SMILES string of the molecule is Nc1ccc(NCc2ccccn2)c2ncc(Br)cc12. The average Bonchev–Trinajstić information content (AvgIpc) is 2.48. The molecule has 0 spiro atoms. The summed E-state index contributed by atoms with van der Waals surface area (Å²) in [7, 11) is 0. The van der Waals surface area contributed by atoms with E-state index in [0.29, 0.717) is 6.54 Å². The number of hydrogen-bond donors (Lipinski definition) is 2. The van der Waals surface area contributed by atoms with E-state index in [9.17, 15) is 0 Å². The van der Waals surface area contributed by atoms with E-state index in [-0.39, 0.29) is 0 Å². The lowest BCUT2D eigenvalue weighted by atomic mass is 10.1. The molecule has 20 heavy (non-hydrogen) atoms. The number of nitrogen functional groups attached to an aromatic ring is 1. The number of anilines is 2. The second kappa shape index (κ2) is 5.46. The molecule has 0 aliphatic heterocycles. The lowest BCUT2D eigenvalue weighted by Crippen LogP contribution is -2.03. The van der Waals surface area contributed by atoms with Gasteiger partial charge in [0.15, 0.2) is 0 Å². The minimum atomic E-state index is 0.650. The molecule has 1 aromatic carbocycles. The highest BCUT2D eigenvalue weighted by molar-refractivity contribution is 9.10. The number of pyridine rings is 2. The van der Waals surface area contributed by atoms with Crippen LogP contribution in [-0.2, 0) is 6.54 Å². The third-order valence-corrected chi connectivity index (χ3v) is 3.47. The summed E-state index contributed by atoms with van der Waals surface area (Å²) in [6.45, 7) is 0.650. The number of nitrogens with one attached hydrogen (secondary N) is 1. The summed E-state index contributed by atoms with van der Waals surface area (Å²) in [4.78, 5) is 8.73. The molecule has 0 unspecified atom stereocenters. The van der Waals surface area contributed by atoms with Crippen molar-refractivity contribution >= 4 is 38.2 Å². The van der Waals surface area contributed by atoms with Crippen LogP contribution in [0.25, 0.3) is 10.9 Å². The average molecular weight is 329 g/mol. The maximum Gasteiger partial charge on any atom is 0.0954 e. The van der Waals surface area contributed by atoms with Crippen LogP contribution in [0.2, 0.25) is 0 Å². The van der Waals surface area contributed by atoms with Crippen LogP contribution >= 0.6 is 15.9 Å².